The van der Waals surface area contributed by atoms with Crippen LogP contribution >= 0.6 is 27.3 Å². The van der Waals surface area contributed by atoms with Crippen molar-refractivity contribution in [2.45, 2.75) is 31.7 Å². The molecule has 1 saturated carbocycles. The van der Waals surface area contributed by atoms with Gasteiger partial charge in [0.2, 0.25) is 0 Å². The third-order valence-electron chi connectivity index (χ3n) is 3.69. The van der Waals surface area contributed by atoms with Crippen LogP contribution in [0.4, 0.5) is 5.00 Å². The first-order valence-corrected chi connectivity index (χ1v) is 7.78. The Morgan fingerprint density at radius 3 is 2.56 bits per heavy atom. The number of thiophene rings is 1. The lowest BCUT2D eigenvalue weighted by Crippen LogP contribution is -2.36. The molecule has 0 unspecified atom stereocenters. The van der Waals surface area contributed by atoms with Crippen molar-refractivity contribution in [3.63, 3.8) is 0 Å². The van der Waals surface area contributed by atoms with Crippen LogP contribution in [0.5, 0.6) is 0 Å². The SMILES string of the molecule is COC(=O)C1CCC(N(C)c2ccc(Br)s2)CC1. The minimum absolute atomic E-state index is 0.0463. The monoisotopic (exact) mass is 331 g/mol. The van der Waals surface area contributed by atoms with E-state index in [0.717, 1.165) is 29.5 Å². The van der Waals surface area contributed by atoms with Gasteiger partial charge in [-0.1, -0.05) is 0 Å². The molecule has 0 bridgehead atoms. The van der Waals surface area contributed by atoms with Gasteiger partial charge in [0.15, 0.2) is 0 Å². The van der Waals surface area contributed by atoms with Crippen LogP contribution in [0, 0.1) is 5.92 Å². The van der Waals surface area contributed by atoms with Gasteiger partial charge < -0.3 is 9.64 Å². The summed E-state index contributed by atoms with van der Waals surface area (Å²) in [6, 6.07) is 4.76. The second-order valence-corrected chi connectivity index (χ2v) is 7.16. The Balaban J connectivity index is 1.91. The first kappa shape index (κ1) is 13.9. The quantitative estimate of drug-likeness (QED) is 0.791. The molecular formula is C13H18BrNO2S. The lowest BCUT2D eigenvalue weighted by molar-refractivity contribution is -0.146. The molecule has 18 heavy (non-hydrogen) atoms. The molecule has 0 radical (unpaired) electrons. The Morgan fingerprint density at radius 1 is 1.39 bits per heavy atom. The van der Waals surface area contributed by atoms with E-state index in [1.165, 1.54) is 12.1 Å². The maximum absolute atomic E-state index is 11.5. The predicted molar refractivity (Wildman–Crippen MR) is 78.2 cm³/mol. The maximum atomic E-state index is 11.5. The van der Waals surface area contributed by atoms with Crippen LogP contribution in [0.3, 0.4) is 0 Å². The van der Waals surface area contributed by atoms with Gasteiger partial charge >= 0.3 is 5.97 Å². The molecule has 0 N–H and O–H groups in total. The number of carbonyl (C=O) groups excluding carboxylic acids is 1. The van der Waals surface area contributed by atoms with Crippen LogP contribution in [0.2, 0.25) is 0 Å². The van der Waals surface area contributed by atoms with E-state index in [-0.39, 0.29) is 11.9 Å². The number of hydrogen-bond acceptors (Lipinski definition) is 4. The number of halogens is 1. The van der Waals surface area contributed by atoms with E-state index in [2.05, 4.69) is 40.0 Å². The van der Waals surface area contributed by atoms with Crippen molar-refractivity contribution in [3.8, 4) is 0 Å². The molecule has 1 heterocycles. The van der Waals surface area contributed by atoms with E-state index in [0.29, 0.717) is 6.04 Å². The number of hydrogen-bond donors (Lipinski definition) is 0. The smallest absolute Gasteiger partial charge is 0.308 e. The van der Waals surface area contributed by atoms with Crippen LogP contribution < -0.4 is 4.90 Å². The second kappa shape index (κ2) is 6.06. The molecule has 5 heteroatoms. The number of methoxy groups -OCH3 is 1. The van der Waals surface area contributed by atoms with Gasteiger partial charge in [-0.15, -0.1) is 11.3 Å². The van der Waals surface area contributed by atoms with Gasteiger partial charge in [-0.2, -0.15) is 0 Å². The van der Waals surface area contributed by atoms with Crippen LogP contribution in [-0.4, -0.2) is 26.2 Å². The maximum Gasteiger partial charge on any atom is 0.308 e. The number of carbonyl (C=O) groups is 1. The number of rotatable bonds is 3. The summed E-state index contributed by atoms with van der Waals surface area (Å²) < 4.78 is 5.98. The number of ether oxygens (including phenoxy) is 1. The zero-order valence-electron chi connectivity index (χ0n) is 10.7. The van der Waals surface area contributed by atoms with E-state index in [1.54, 1.807) is 11.3 Å². The Morgan fingerprint density at radius 2 is 2.06 bits per heavy atom. The minimum atomic E-state index is -0.0463. The van der Waals surface area contributed by atoms with Crippen molar-refractivity contribution in [2.24, 2.45) is 5.92 Å². The van der Waals surface area contributed by atoms with Crippen LogP contribution in [0.15, 0.2) is 15.9 Å². The molecule has 0 aliphatic heterocycles. The average molecular weight is 332 g/mol. The summed E-state index contributed by atoms with van der Waals surface area (Å²) in [6.45, 7) is 0. The van der Waals surface area contributed by atoms with Gasteiger partial charge in [0.05, 0.1) is 21.8 Å². The van der Waals surface area contributed by atoms with E-state index in [1.807, 2.05) is 0 Å². The summed E-state index contributed by atoms with van der Waals surface area (Å²) in [5.74, 6) is 0.0599. The zero-order valence-corrected chi connectivity index (χ0v) is 13.1. The molecule has 0 aromatic carbocycles. The van der Waals surface area contributed by atoms with Gasteiger partial charge in [-0.05, 0) is 53.7 Å². The molecule has 0 spiro atoms. The van der Waals surface area contributed by atoms with Crippen molar-refractivity contribution in [1.29, 1.82) is 0 Å². The largest absolute Gasteiger partial charge is 0.469 e. The number of esters is 1. The molecule has 1 aliphatic rings. The Bertz CT molecular complexity index is 413. The van der Waals surface area contributed by atoms with E-state index < -0.39 is 0 Å². The van der Waals surface area contributed by atoms with Crippen LogP contribution in [-0.2, 0) is 9.53 Å². The van der Waals surface area contributed by atoms with E-state index in [4.69, 9.17) is 4.74 Å². The zero-order chi connectivity index (χ0) is 13.1. The first-order valence-electron chi connectivity index (χ1n) is 6.18. The molecule has 1 aromatic heterocycles. The summed E-state index contributed by atoms with van der Waals surface area (Å²) in [6.07, 6.45) is 4.00. The van der Waals surface area contributed by atoms with Crippen molar-refractivity contribution >= 4 is 38.2 Å². The molecule has 0 saturated heterocycles. The van der Waals surface area contributed by atoms with Crippen molar-refractivity contribution in [3.05, 3.63) is 15.9 Å². The first-order chi connectivity index (χ1) is 8.61. The lowest BCUT2D eigenvalue weighted by Gasteiger charge is -2.34. The van der Waals surface area contributed by atoms with Crippen molar-refractivity contribution in [2.75, 3.05) is 19.1 Å². The van der Waals surface area contributed by atoms with Crippen LogP contribution in [0.1, 0.15) is 25.7 Å². The fraction of sp³-hybridized carbons (Fsp3) is 0.615. The van der Waals surface area contributed by atoms with Gasteiger partial charge in [0.1, 0.15) is 0 Å². The lowest BCUT2D eigenvalue weighted by atomic mass is 9.85. The molecule has 3 nitrogen and oxygen atoms in total. The van der Waals surface area contributed by atoms with Gasteiger partial charge in [-0.25, -0.2) is 0 Å². The molecule has 1 aliphatic carbocycles. The Labute approximate surface area is 120 Å². The number of nitrogens with zero attached hydrogens (tertiary/aromatic N) is 1. The fourth-order valence-electron chi connectivity index (χ4n) is 2.54. The third-order valence-corrected chi connectivity index (χ3v) is 5.40. The highest BCUT2D eigenvalue weighted by atomic mass is 79.9. The van der Waals surface area contributed by atoms with Crippen molar-refractivity contribution in [1.82, 2.24) is 0 Å². The van der Waals surface area contributed by atoms with E-state index in [9.17, 15) is 4.79 Å². The normalized spacial score (nSPS) is 23.7. The summed E-state index contributed by atoms with van der Waals surface area (Å²) >= 11 is 5.25. The highest BCUT2D eigenvalue weighted by molar-refractivity contribution is 9.11. The topological polar surface area (TPSA) is 29.5 Å². The molecule has 1 fully saturated rings. The molecule has 0 amide bonds. The average Bonchev–Trinajstić information content (AvgIpc) is 2.84. The Hall–Kier alpha value is -0.550. The van der Waals surface area contributed by atoms with Gasteiger partial charge in [-0.3, -0.25) is 4.79 Å². The van der Waals surface area contributed by atoms with Gasteiger partial charge in [0, 0.05) is 13.1 Å². The Kier molecular flexibility index (Phi) is 4.67. The predicted octanol–water partition coefficient (Wildman–Crippen LogP) is 3.68. The summed E-state index contributed by atoms with van der Waals surface area (Å²) in [5.41, 5.74) is 0. The van der Waals surface area contributed by atoms with Crippen LogP contribution in [0.25, 0.3) is 0 Å². The molecule has 100 valence electrons. The molecule has 1 aromatic rings. The van der Waals surface area contributed by atoms with Gasteiger partial charge in [0.25, 0.3) is 0 Å². The van der Waals surface area contributed by atoms with Crippen molar-refractivity contribution < 1.29 is 9.53 Å². The third kappa shape index (κ3) is 3.06. The van der Waals surface area contributed by atoms with E-state index >= 15 is 0 Å². The minimum Gasteiger partial charge on any atom is -0.469 e. The molecular weight excluding hydrogens is 314 g/mol. The number of anilines is 1. The standard InChI is InChI=1S/C13H18BrNO2S/c1-15(12-8-7-11(14)18-12)10-5-3-9(4-6-10)13(16)17-2/h7-10H,3-6H2,1-2H3. The second-order valence-electron chi connectivity index (χ2n) is 4.72. The fourth-order valence-corrected chi connectivity index (χ4v) is 3.93. The highest BCUT2D eigenvalue weighted by Gasteiger charge is 2.29. The molecule has 0 atom stereocenters. The molecule has 2 rings (SSSR count). The summed E-state index contributed by atoms with van der Waals surface area (Å²) in [7, 11) is 3.62. The summed E-state index contributed by atoms with van der Waals surface area (Å²) in [4.78, 5) is 13.8. The highest BCUT2D eigenvalue weighted by Crippen LogP contribution is 2.35. The summed E-state index contributed by atoms with van der Waals surface area (Å²) in [5, 5.41) is 1.28.